The number of nitrogens with zero attached hydrogens (tertiary/aromatic N) is 2. The maximum Gasteiger partial charge on any atom is 0.310 e. The smallest absolute Gasteiger partial charge is 0.310 e. The Balaban J connectivity index is 1.49. The van der Waals surface area contributed by atoms with Gasteiger partial charge in [0, 0.05) is 31.7 Å². The molecule has 1 aliphatic heterocycles. The van der Waals surface area contributed by atoms with Gasteiger partial charge in [0.05, 0.1) is 33.3 Å². The zero-order valence-electron chi connectivity index (χ0n) is 22.4. The van der Waals surface area contributed by atoms with Gasteiger partial charge in [-0.2, -0.15) is 0 Å². The number of rotatable bonds is 11. The molecule has 8 heteroatoms. The largest absolute Gasteiger partial charge is 0.497 e. The van der Waals surface area contributed by atoms with Crippen LogP contribution in [0.5, 0.6) is 11.5 Å². The van der Waals surface area contributed by atoms with E-state index >= 15 is 0 Å². The molecule has 1 atom stereocenters. The zero-order valence-corrected chi connectivity index (χ0v) is 22.4. The molecule has 1 unspecified atom stereocenters. The third-order valence-electron chi connectivity index (χ3n) is 6.71. The molecule has 0 spiro atoms. The van der Waals surface area contributed by atoms with Crippen LogP contribution < -0.4 is 9.47 Å². The average Bonchev–Trinajstić information content (AvgIpc) is 3.41. The van der Waals surface area contributed by atoms with Crippen LogP contribution in [0.1, 0.15) is 47.2 Å². The fourth-order valence-electron chi connectivity index (χ4n) is 4.82. The molecule has 4 rings (SSSR count). The van der Waals surface area contributed by atoms with Crippen LogP contribution >= 0.6 is 0 Å². The fraction of sp³-hybridized carbons (Fsp3) is 0.400. The Kier molecular flexibility index (Phi) is 9.43. The average molecular weight is 521 g/mol. The van der Waals surface area contributed by atoms with Crippen molar-refractivity contribution in [1.82, 2.24) is 9.80 Å². The first-order valence-corrected chi connectivity index (χ1v) is 13.0. The van der Waals surface area contributed by atoms with Crippen LogP contribution in [0.25, 0.3) is 0 Å². The van der Waals surface area contributed by atoms with Crippen molar-refractivity contribution >= 4 is 11.9 Å². The molecule has 3 aromatic rings. The van der Waals surface area contributed by atoms with Crippen LogP contribution in [0.4, 0.5) is 0 Å². The summed E-state index contributed by atoms with van der Waals surface area (Å²) in [7, 11) is 3.30. The molecule has 2 aromatic carbocycles. The number of piperidine rings is 1. The standard InChI is InChI=1S/C30H36N2O6/c1-4-37-30(34)23-11-8-16-32(20-23)29(33)28-15-13-26(38-28)21-31(18-22-9-6-5-7-10-22)19-24-17-25(35-2)12-14-27(24)36-3/h5-7,9-10,12-15,17,23H,4,8,11,16,18-21H2,1-3H3. The molecule has 202 valence electrons. The lowest BCUT2D eigenvalue weighted by atomic mass is 9.98. The second-order valence-corrected chi connectivity index (χ2v) is 9.42. The number of likely N-dealkylation sites (tertiary alicyclic amines) is 1. The minimum Gasteiger partial charge on any atom is -0.497 e. The fourth-order valence-corrected chi connectivity index (χ4v) is 4.82. The monoisotopic (exact) mass is 520 g/mol. The molecule has 0 radical (unpaired) electrons. The van der Waals surface area contributed by atoms with Crippen molar-refractivity contribution in [3.63, 3.8) is 0 Å². The van der Waals surface area contributed by atoms with E-state index in [0.29, 0.717) is 45.1 Å². The summed E-state index contributed by atoms with van der Waals surface area (Å²) in [6.45, 7) is 4.84. The molecule has 1 aliphatic rings. The lowest BCUT2D eigenvalue weighted by molar-refractivity contribution is -0.149. The van der Waals surface area contributed by atoms with Crippen molar-refractivity contribution in [2.24, 2.45) is 5.92 Å². The minimum atomic E-state index is -0.290. The van der Waals surface area contributed by atoms with E-state index in [1.54, 1.807) is 32.1 Å². The second kappa shape index (κ2) is 13.1. The van der Waals surface area contributed by atoms with Crippen molar-refractivity contribution < 1.29 is 28.2 Å². The van der Waals surface area contributed by atoms with Crippen LogP contribution in [0.15, 0.2) is 65.1 Å². The van der Waals surface area contributed by atoms with Gasteiger partial charge in [0.1, 0.15) is 17.3 Å². The van der Waals surface area contributed by atoms with Crippen LogP contribution in [0.2, 0.25) is 0 Å². The van der Waals surface area contributed by atoms with Crippen molar-refractivity contribution in [3.8, 4) is 11.5 Å². The number of amides is 1. The van der Waals surface area contributed by atoms with E-state index in [2.05, 4.69) is 17.0 Å². The third kappa shape index (κ3) is 6.95. The second-order valence-electron chi connectivity index (χ2n) is 9.42. The first-order valence-electron chi connectivity index (χ1n) is 13.0. The molecule has 2 heterocycles. The number of methoxy groups -OCH3 is 2. The molecule has 0 saturated carbocycles. The summed E-state index contributed by atoms with van der Waals surface area (Å²) < 4.78 is 22.2. The van der Waals surface area contributed by atoms with E-state index in [1.807, 2.05) is 42.5 Å². The summed E-state index contributed by atoms with van der Waals surface area (Å²) in [4.78, 5) is 29.3. The molecular formula is C30H36N2O6. The molecule has 1 saturated heterocycles. The number of furan rings is 1. The van der Waals surface area contributed by atoms with Crippen LogP contribution in [-0.2, 0) is 29.2 Å². The predicted octanol–water partition coefficient (Wildman–Crippen LogP) is 4.91. The van der Waals surface area contributed by atoms with Crippen LogP contribution in [0, 0.1) is 5.92 Å². The Labute approximate surface area is 224 Å². The number of benzene rings is 2. The summed E-state index contributed by atoms with van der Waals surface area (Å²) in [5.41, 5.74) is 2.15. The van der Waals surface area contributed by atoms with Gasteiger partial charge >= 0.3 is 5.97 Å². The molecule has 0 aliphatic carbocycles. The molecule has 1 aromatic heterocycles. The van der Waals surface area contributed by atoms with Gasteiger partial charge in [-0.1, -0.05) is 30.3 Å². The molecule has 1 amide bonds. The minimum absolute atomic E-state index is 0.200. The van der Waals surface area contributed by atoms with Gasteiger partial charge in [-0.05, 0) is 55.7 Å². The molecule has 0 bridgehead atoms. The molecule has 8 nitrogen and oxygen atoms in total. The first kappa shape index (κ1) is 27.3. The van der Waals surface area contributed by atoms with Gasteiger partial charge in [0.25, 0.3) is 5.91 Å². The SMILES string of the molecule is CCOC(=O)C1CCCN(C(=O)c2ccc(CN(Cc3ccccc3)Cc3cc(OC)ccc3OC)o2)C1. The first-order chi connectivity index (χ1) is 18.5. The van der Waals surface area contributed by atoms with Crippen LogP contribution in [-0.4, -0.2) is 55.6 Å². The summed E-state index contributed by atoms with van der Waals surface area (Å²) in [6, 6.07) is 19.5. The molecular weight excluding hydrogens is 484 g/mol. The van der Waals surface area contributed by atoms with Gasteiger partial charge in [0.15, 0.2) is 5.76 Å². The number of hydrogen-bond donors (Lipinski definition) is 0. The van der Waals surface area contributed by atoms with E-state index in [0.717, 1.165) is 35.5 Å². The van der Waals surface area contributed by atoms with E-state index < -0.39 is 0 Å². The van der Waals surface area contributed by atoms with Gasteiger partial charge in [0.2, 0.25) is 0 Å². The highest BCUT2D eigenvalue weighted by Gasteiger charge is 2.31. The van der Waals surface area contributed by atoms with E-state index in [9.17, 15) is 9.59 Å². The summed E-state index contributed by atoms with van der Waals surface area (Å²) in [5.74, 6) is 1.77. The quantitative estimate of drug-likeness (QED) is 0.332. The molecule has 38 heavy (non-hydrogen) atoms. The van der Waals surface area contributed by atoms with Gasteiger partial charge in [-0.15, -0.1) is 0 Å². The predicted molar refractivity (Wildman–Crippen MR) is 143 cm³/mol. The zero-order chi connectivity index (χ0) is 26.9. The van der Waals surface area contributed by atoms with Crippen molar-refractivity contribution in [1.29, 1.82) is 0 Å². The third-order valence-corrected chi connectivity index (χ3v) is 6.71. The van der Waals surface area contributed by atoms with Crippen LogP contribution in [0.3, 0.4) is 0 Å². The Bertz CT molecular complexity index is 1210. The number of ether oxygens (including phenoxy) is 3. The highest BCUT2D eigenvalue weighted by atomic mass is 16.5. The lowest BCUT2D eigenvalue weighted by Gasteiger charge is -2.30. The van der Waals surface area contributed by atoms with Crippen molar-refractivity contribution in [3.05, 3.63) is 83.3 Å². The van der Waals surface area contributed by atoms with Gasteiger partial charge in [-0.25, -0.2) is 0 Å². The van der Waals surface area contributed by atoms with Crippen molar-refractivity contribution in [2.45, 2.75) is 39.4 Å². The lowest BCUT2D eigenvalue weighted by Crippen LogP contribution is -2.42. The Morgan fingerprint density at radius 2 is 1.82 bits per heavy atom. The normalized spacial score (nSPS) is 15.4. The Hall–Kier alpha value is -3.78. The maximum absolute atomic E-state index is 13.2. The maximum atomic E-state index is 13.2. The Morgan fingerprint density at radius 1 is 1.00 bits per heavy atom. The number of esters is 1. The highest BCUT2D eigenvalue weighted by Crippen LogP contribution is 2.27. The van der Waals surface area contributed by atoms with Gasteiger partial charge < -0.3 is 23.5 Å². The number of carbonyl (C=O) groups is 2. The topological polar surface area (TPSA) is 81.5 Å². The Morgan fingerprint density at radius 3 is 2.55 bits per heavy atom. The summed E-state index contributed by atoms with van der Waals surface area (Å²) in [6.07, 6.45) is 1.49. The molecule has 1 fully saturated rings. The summed E-state index contributed by atoms with van der Waals surface area (Å²) in [5, 5.41) is 0. The highest BCUT2D eigenvalue weighted by molar-refractivity contribution is 5.92. The van der Waals surface area contributed by atoms with Gasteiger partial charge in [-0.3, -0.25) is 14.5 Å². The van der Waals surface area contributed by atoms with E-state index in [4.69, 9.17) is 18.6 Å². The number of hydrogen-bond acceptors (Lipinski definition) is 7. The van der Waals surface area contributed by atoms with Crippen molar-refractivity contribution in [2.75, 3.05) is 33.9 Å². The number of carbonyl (C=O) groups excluding carboxylic acids is 2. The summed E-state index contributed by atoms with van der Waals surface area (Å²) >= 11 is 0. The van der Waals surface area contributed by atoms with E-state index in [-0.39, 0.29) is 23.6 Å². The molecule has 0 N–H and O–H groups in total. The van der Waals surface area contributed by atoms with E-state index in [1.165, 1.54) is 0 Å².